The number of carbonyl (C=O) groups excluding carboxylic acids is 2. The summed E-state index contributed by atoms with van der Waals surface area (Å²) < 4.78 is 44.1. The molecule has 1 heterocycles. The quantitative estimate of drug-likeness (QED) is 0.579. The van der Waals surface area contributed by atoms with Crippen LogP contribution in [0.4, 0.5) is 13.2 Å². The van der Waals surface area contributed by atoms with Crippen LogP contribution in [0.25, 0.3) is 0 Å². The first-order valence-electron chi connectivity index (χ1n) is 9.05. The fraction of sp³-hybridized carbons (Fsp3) is 0.579. The molecule has 1 aliphatic carbocycles. The van der Waals surface area contributed by atoms with Crippen LogP contribution < -0.4 is 0 Å². The van der Waals surface area contributed by atoms with E-state index in [0.29, 0.717) is 24.2 Å². The number of rotatable bonds is 5. The third kappa shape index (κ3) is 4.80. The molecule has 27 heavy (non-hydrogen) atoms. The minimum Gasteiger partial charge on any atom is -0.444 e. The number of esters is 1. The minimum atomic E-state index is -5.00. The minimum absolute atomic E-state index is 0.167. The zero-order valence-electron chi connectivity index (χ0n) is 15.1. The van der Waals surface area contributed by atoms with Gasteiger partial charge in [0.1, 0.15) is 0 Å². The summed E-state index contributed by atoms with van der Waals surface area (Å²) in [5, 5.41) is 0. The summed E-state index contributed by atoms with van der Waals surface area (Å²) >= 11 is 0. The molecule has 1 saturated heterocycles. The van der Waals surface area contributed by atoms with Crippen LogP contribution in [0.3, 0.4) is 0 Å². The molecule has 8 heteroatoms. The van der Waals surface area contributed by atoms with Gasteiger partial charge in [0.15, 0.2) is 6.73 Å². The average Bonchev–Trinajstić information content (AvgIpc) is 3.42. The number of alkyl halides is 3. The number of carbonyl (C=O) groups is 2. The highest BCUT2D eigenvalue weighted by Gasteiger charge is 2.52. The highest BCUT2D eigenvalue weighted by Crippen LogP contribution is 2.45. The van der Waals surface area contributed by atoms with E-state index < -0.39 is 30.8 Å². The number of nitrogens with zero attached hydrogens (tertiary/aromatic N) is 2. The van der Waals surface area contributed by atoms with Gasteiger partial charge in [-0.05, 0) is 45.0 Å². The number of hydrogen-bond donors (Lipinski definition) is 0. The molecule has 2 fully saturated rings. The van der Waals surface area contributed by atoms with Crippen LogP contribution in [0.5, 0.6) is 0 Å². The Morgan fingerprint density at radius 2 is 1.81 bits per heavy atom. The summed E-state index contributed by atoms with van der Waals surface area (Å²) in [6, 6.07) is 8.48. The van der Waals surface area contributed by atoms with Crippen molar-refractivity contribution < 1.29 is 27.5 Å². The van der Waals surface area contributed by atoms with E-state index in [1.807, 2.05) is 25.2 Å². The lowest BCUT2D eigenvalue weighted by Gasteiger charge is -2.29. The molecule has 1 amide bonds. The van der Waals surface area contributed by atoms with Crippen molar-refractivity contribution in [1.29, 1.82) is 0 Å². The van der Waals surface area contributed by atoms with Crippen molar-refractivity contribution in [2.45, 2.75) is 37.4 Å². The Hall–Kier alpha value is -2.09. The fourth-order valence-electron chi connectivity index (χ4n) is 3.55. The molecule has 0 N–H and O–H groups in total. The van der Waals surface area contributed by atoms with Crippen molar-refractivity contribution in [3.63, 3.8) is 0 Å². The van der Waals surface area contributed by atoms with E-state index in [4.69, 9.17) is 4.74 Å². The van der Waals surface area contributed by atoms with Crippen LogP contribution in [0.15, 0.2) is 30.3 Å². The molecule has 1 aromatic rings. The number of ether oxygens (including phenoxy) is 1. The van der Waals surface area contributed by atoms with Crippen LogP contribution in [0, 0.1) is 5.92 Å². The Labute approximate surface area is 156 Å². The van der Waals surface area contributed by atoms with Crippen LogP contribution >= 0.6 is 0 Å². The summed E-state index contributed by atoms with van der Waals surface area (Å²) in [4.78, 5) is 26.8. The van der Waals surface area contributed by atoms with Crippen molar-refractivity contribution in [2.24, 2.45) is 5.92 Å². The Balaban J connectivity index is 1.63. The summed E-state index contributed by atoms with van der Waals surface area (Å²) in [5.74, 6) is -2.98. The zero-order valence-corrected chi connectivity index (χ0v) is 15.1. The van der Waals surface area contributed by atoms with Gasteiger partial charge in [-0.15, -0.1) is 0 Å². The van der Waals surface area contributed by atoms with Crippen molar-refractivity contribution in [1.82, 2.24) is 9.80 Å². The second kappa shape index (κ2) is 7.88. The van der Waals surface area contributed by atoms with Crippen molar-refractivity contribution in [3.05, 3.63) is 35.9 Å². The third-order valence-electron chi connectivity index (χ3n) is 5.29. The topological polar surface area (TPSA) is 49.9 Å². The van der Waals surface area contributed by atoms with E-state index in [1.54, 1.807) is 12.1 Å². The molecule has 0 spiro atoms. The highest BCUT2D eigenvalue weighted by atomic mass is 19.4. The van der Waals surface area contributed by atoms with Crippen LogP contribution in [-0.4, -0.2) is 60.8 Å². The summed E-state index contributed by atoms with van der Waals surface area (Å²) in [7, 11) is 1.95. The van der Waals surface area contributed by atoms with E-state index >= 15 is 0 Å². The van der Waals surface area contributed by atoms with E-state index in [9.17, 15) is 22.8 Å². The second-order valence-electron chi connectivity index (χ2n) is 7.26. The van der Waals surface area contributed by atoms with Gasteiger partial charge in [0, 0.05) is 12.0 Å². The van der Waals surface area contributed by atoms with Gasteiger partial charge in [-0.2, -0.15) is 13.2 Å². The lowest BCUT2D eigenvalue weighted by atomic mass is 9.97. The van der Waals surface area contributed by atoms with Gasteiger partial charge in [0.25, 0.3) is 0 Å². The Kier molecular flexibility index (Phi) is 5.74. The zero-order chi connectivity index (χ0) is 19.6. The van der Waals surface area contributed by atoms with Crippen LogP contribution in [-0.2, 0) is 14.3 Å². The molecule has 1 saturated carbocycles. The number of piperidine rings is 1. The molecule has 0 radical (unpaired) electrons. The third-order valence-corrected chi connectivity index (χ3v) is 5.29. The van der Waals surface area contributed by atoms with Crippen LogP contribution in [0.2, 0.25) is 0 Å². The largest absolute Gasteiger partial charge is 0.471 e. The van der Waals surface area contributed by atoms with E-state index in [0.717, 1.165) is 18.7 Å². The van der Waals surface area contributed by atoms with Crippen molar-refractivity contribution in [3.8, 4) is 0 Å². The number of halogens is 3. The molecule has 2 unspecified atom stereocenters. The standard InChI is InChI=1S/C19H23F3N2O3/c1-23-9-7-14(8-10-23)17(25)27-12-24(18(26)19(20,21)22)16-11-15(16)13-5-3-2-4-6-13/h2-6,14-16H,7-12H2,1H3. The number of hydrogen-bond acceptors (Lipinski definition) is 4. The molecule has 5 nitrogen and oxygen atoms in total. The van der Waals surface area contributed by atoms with Crippen molar-refractivity contribution >= 4 is 11.9 Å². The van der Waals surface area contributed by atoms with Gasteiger partial charge in [0.05, 0.1) is 5.92 Å². The van der Waals surface area contributed by atoms with Gasteiger partial charge in [-0.1, -0.05) is 30.3 Å². The fourth-order valence-corrected chi connectivity index (χ4v) is 3.55. The van der Waals surface area contributed by atoms with Crippen LogP contribution in [0.1, 0.15) is 30.7 Å². The first-order valence-corrected chi connectivity index (χ1v) is 9.05. The Morgan fingerprint density at radius 3 is 2.41 bits per heavy atom. The Morgan fingerprint density at radius 1 is 1.19 bits per heavy atom. The summed E-state index contributed by atoms with van der Waals surface area (Å²) in [6.45, 7) is 0.824. The molecule has 0 bridgehead atoms. The van der Waals surface area contributed by atoms with E-state index in [2.05, 4.69) is 4.90 Å². The highest BCUT2D eigenvalue weighted by molar-refractivity contribution is 5.83. The number of likely N-dealkylation sites (tertiary alicyclic amines) is 1. The Bertz CT molecular complexity index is 673. The molecule has 2 atom stereocenters. The molecule has 0 aromatic heterocycles. The second-order valence-corrected chi connectivity index (χ2v) is 7.26. The first kappa shape index (κ1) is 19.7. The summed E-state index contributed by atoms with van der Waals surface area (Å²) in [5.41, 5.74) is 0.879. The maximum atomic E-state index is 13.0. The molecule has 3 rings (SSSR count). The van der Waals surface area contributed by atoms with Gasteiger partial charge < -0.3 is 9.64 Å². The predicted octanol–water partition coefficient (Wildman–Crippen LogP) is 2.78. The number of amides is 1. The van der Waals surface area contributed by atoms with E-state index in [-0.39, 0.29) is 11.8 Å². The maximum absolute atomic E-state index is 13.0. The normalized spacial score (nSPS) is 23.7. The van der Waals surface area contributed by atoms with Gasteiger partial charge in [-0.25, -0.2) is 0 Å². The maximum Gasteiger partial charge on any atom is 0.471 e. The molecular weight excluding hydrogens is 361 g/mol. The molecule has 2 aliphatic rings. The molecule has 148 valence electrons. The SMILES string of the molecule is CN1CCC(C(=O)OCN(C(=O)C(F)(F)F)C2CC2c2ccccc2)CC1. The van der Waals surface area contributed by atoms with Gasteiger partial charge in [-0.3, -0.25) is 14.5 Å². The van der Waals surface area contributed by atoms with Gasteiger partial charge >= 0.3 is 18.1 Å². The molecular formula is C19H23F3N2O3. The van der Waals surface area contributed by atoms with Crippen molar-refractivity contribution in [2.75, 3.05) is 26.9 Å². The lowest BCUT2D eigenvalue weighted by molar-refractivity contribution is -0.193. The molecule has 1 aromatic carbocycles. The number of benzene rings is 1. The predicted molar refractivity (Wildman–Crippen MR) is 91.7 cm³/mol. The lowest BCUT2D eigenvalue weighted by Crippen LogP contribution is -2.45. The summed E-state index contributed by atoms with van der Waals surface area (Å²) in [6.07, 6.45) is -3.35. The molecule has 1 aliphatic heterocycles. The van der Waals surface area contributed by atoms with Gasteiger partial charge in [0.2, 0.25) is 0 Å². The first-order chi connectivity index (χ1) is 12.8. The van der Waals surface area contributed by atoms with E-state index in [1.165, 1.54) is 0 Å². The smallest absolute Gasteiger partial charge is 0.444 e. The average molecular weight is 384 g/mol. The monoisotopic (exact) mass is 384 g/mol.